The van der Waals surface area contributed by atoms with Crippen molar-refractivity contribution in [3.05, 3.63) is 66.9 Å². The van der Waals surface area contributed by atoms with Crippen LogP contribution in [0.1, 0.15) is 18.5 Å². The second-order valence-electron chi connectivity index (χ2n) is 7.74. The van der Waals surface area contributed by atoms with E-state index in [4.69, 9.17) is 32.7 Å². The van der Waals surface area contributed by atoms with Crippen LogP contribution < -0.4 is 16.0 Å². The van der Waals surface area contributed by atoms with Gasteiger partial charge in [-0.1, -0.05) is 23.2 Å². The summed E-state index contributed by atoms with van der Waals surface area (Å²) < 4.78 is 64.4. The van der Waals surface area contributed by atoms with Gasteiger partial charge in [-0.05, 0) is 24.3 Å². The standard InChI is InChI=1S/C21H16Cl2F2N4O7S/c1-28(10-4-5-35-9-10)37(33,34)16-8-12(2-3-15(16)30)36-18-13(22)6-11(7-14(18)23)29-21(32)26-20(31)17(27-29)19(24)25/h2-3,6-8,10,19H,1,4-5,9H2,(H-,26,30,31,32)/p+1/t10-/m0/s1. The molecule has 1 aliphatic rings. The van der Waals surface area contributed by atoms with Crippen LogP contribution in [0.3, 0.4) is 0 Å². The number of H-pyrrole nitrogens is 1. The van der Waals surface area contributed by atoms with Crippen molar-refractivity contribution in [3.63, 3.8) is 0 Å². The molecule has 196 valence electrons. The lowest BCUT2D eigenvalue weighted by molar-refractivity contribution is -0.403. The van der Waals surface area contributed by atoms with Gasteiger partial charge in [-0.15, -0.1) is 3.98 Å². The molecule has 3 aromatic rings. The summed E-state index contributed by atoms with van der Waals surface area (Å²) in [5.74, 6) is -0.808. The molecule has 37 heavy (non-hydrogen) atoms. The second-order valence-corrected chi connectivity index (χ2v) is 10.4. The maximum atomic E-state index is 13.1. The van der Waals surface area contributed by atoms with Crippen molar-refractivity contribution in [1.82, 2.24) is 14.8 Å². The van der Waals surface area contributed by atoms with Crippen LogP contribution >= 0.6 is 23.2 Å². The number of alkyl halides is 2. The van der Waals surface area contributed by atoms with E-state index in [0.29, 0.717) is 17.7 Å². The average Bonchev–Trinajstić information content (AvgIpc) is 3.36. The molecule has 0 bridgehead atoms. The van der Waals surface area contributed by atoms with Crippen LogP contribution in [-0.4, -0.2) is 58.2 Å². The van der Waals surface area contributed by atoms with Crippen LogP contribution in [0.4, 0.5) is 8.78 Å². The number of aromatic nitrogens is 3. The molecule has 1 fully saturated rings. The third-order valence-corrected chi connectivity index (χ3v) is 7.70. The molecule has 2 heterocycles. The van der Waals surface area contributed by atoms with Gasteiger partial charge in [0.25, 0.3) is 12.0 Å². The molecule has 1 aliphatic heterocycles. The van der Waals surface area contributed by atoms with E-state index in [1.807, 2.05) is 0 Å². The highest BCUT2D eigenvalue weighted by molar-refractivity contribution is 7.85. The molecule has 4 rings (SSSR count). The normalized spacial score (nSPS) is 15.8. The number of nitrogens with zero attached hydrogens (tertiary/aromatic N) is 3. The van der Waals surface area contributed by atoms with E-state index in [1.54, 1.807) is 4.98 Å². The Bertz CT molecular complexity index is 1600. The zero-order valence-corrected chi connectivity index (χ0v) is 20.9. The molecule has 0 saturated carbocycles. The van der Waals surface area contributed by atoms with Crippen molar-refractivity contribution in [2.45, 2.75) is 23.8 Å². The Labute approximate surface area is 217 Å². The largest absolute Gasteiger partial charge is 0.506 e. The number of halogens is 4. The summed E-state index contributed by atoms with van der Waals surface area (Å²) >= 11 is 12.5. The first-order valence-electron chi connectivity index (χ1n) is 10.3. The lowest BCUT2D eigenvalue weighted by Crippen LogP contribution is -2.34. The summed E-state index contributed by atoms with van der Waals surface area (Å²) in [6.45, 7) is 4.12. The van der Waals surface area contributed by atoms with Crippen LogP contribution in [-0.2, 0) is 14.8 Å². The quantitative estimate of drug-likeness (QED) is 0.322. The van der Waals surface area contributed by atoms with Gasteiger partial charge in [0.2, 0.25) is 0 Å². The monoisotopic (exact) mass is 577 g/mol. The van der Waals surface area contributed by atoms with Crippen LogP contribution in [0.25, 0.3) is 5.69 Å². The zero-order chi connectivity index (χ0) is 27.1. The maximum absolute atomic E-state index is 13.1. The number of phenolic OH excluding ortho intramolecular Hbond substituents is 1. The van der Waals surface area contributed by atoms with Gasteiger partial charge in [0.15, 0.2) is 22.4 Å². The fraction of sp³-hybridized carbons (Fsp3) is 0.238. The maximum Gasteiger partial charge on any atom is 0.398 e. The number of nitrogens with one attached hydrogen (secondary N) is 1. The zero-order valence-electron chi connectivity index (χ0n) is 18.5. The Balaban J connectivity index is 1.69. The summed E-state index contributed by atoms with van der Waals surface area (Å²) in [5, 5.41) is 13.2. The van der Waals surface area contributed by atoms with Crippen molar-refractivity contribution in [1.29, 1.82) is 0 Å². The Morgan fingerprint density at radius 2 is 1.92 bits per heavy atom. The Morgan fingerprint density at radius 1 is 1.24 bits per heavy atom. The molecule has 16 heteroatoms. The Morgan fingerprint density at radius 3 is 2.51 bits per heavy atom. The number of ether oxygens (including phenoxy) is 2. The fourth-order valence-corrected chi connectivity index (χ4v) is 5.41. The van der Waals surface area contributed by atoms with Gasteiger partial charge in [0.05, 0.1) is 22.3 Å². The fourth-order valence-electron chi connectivity index (χ4n) is 3.45. The van der Waals surface area contributed by atoms with Gasteiger partial charge in [0.1, 0.15) is 24.8 Å². The number of aromatic hydroxyl groups is 1. The van der Waals surface area contributed by atoms with Crippen LogP contribution in [0, 0.1) is 0 Å². The minimum atomic E-state index is -4.24. The van der Waals surface area contributed by atoms with Gasteiger partial charge in [-0.25, -0.2) is 13.6 Å². The van der Waals surface area contributed by atoms with Gasteiger partial charge in [-0.3, -0.25) is 9.78 Å². The lowest BCUT2D eigenvalue weighted by atomic mass is 10.3. The molecule has 0 amide bonds. The number of hydrogen-bond donors (Lipinski definition) is 2. The summed E-state index contributed by atoms with van der Waals surface area (Å²) in [5.41, 5.74) is -3.80. The molecular weight excluding hydrogens is 561 g/mol. The van der Waals surface area contributed by atoms with Crippen molar-refractivity contribution in [2.24, 2.45) is 0 Å². The third-order valence-electron chi connectivity index (χ3n) is 5.34. The van der Waals surface area contributed by atoms with E-state index in [2.05, 4.69) is 11.8 Å². The van der Waals surface area contributed by atoms with E-state index in [-0.39, 0.29) is 33.8 Å². The first-order chi connectivity index (χ1) is 17.4. The number of aromatic amines is 1. The molecule has 0 radical (unpaired) electrons. The highest BCUT2D eigenvalue weighted by atomic mass is 35.5. The molecule has 2 aromatic carbocycles. The number of hydrogen-bond acceptors (Lipinski definition) is 8. The summed E-state index contributed by atoms with van der Waals surface area (Å²) in [4.78, 5) is 24.9. The Kier molecular flexibility index (Phi) is 7.37. The van der Waals surface area contributed by atoms with Gasteiger partial charge < -0.3 is 14.6 Å². The molecule has 2 N–H and O–H groups in total. The van der Waals surface area contributed by atoms with E-state index < -0.39 is 50.1 Å². The molecule has 0 unspecified atom stereocenters. The van der Waals surface area contributed by atoms with Crippen LogP contribution in [0.5, 0.6) is 17.2 Å². The first kappa shape index (κ1) is 26.7. The van der Waals surface area contributed by atoms with Gasteiger partial charge >= 0.3 is 15.7 Å². The molecule has 1 atom stereocenters. The average molecular weight is 578 g/mol. The molecule has 1 saturated heterocycles. The van der Waals surface area contributed by atoms with E-state index >= 15 is 0 Å². The van der Waals surface area contributed by atoms with E-state index in [1.165, 1.54) is 6.07 Å². The first-order valence-corrected chi connectivity index (χ1v) is 12.5. The van der Waals surface area contributed by atoms with E-state index in [0.717, 1.165) is 28.2 Å². The lowest BCUT2D eigenvalue weighted by Gasteiger charge is -2.14. The number of benzene rings is 2. The highest BCUT2D eigenvalue weighted by Gasteiger charge is 2.37. The molecule has 0 spiro atoms. The minimum absolute atomic E-state index is 0.0803. The van der Waals surface area contributed by atoms with Crippen LogP contribution in [0.15, 0.2) is 44.8 Å². The van der Waals surface area contributed by atoms with Crippen molar-refractivity contribution in [2.75, 3.05) is 13.2 Å². The topological polar surface area (TPSA) is 144 Å². The number of sulfonamides is 1. The molecule has 1 aromatic heterocycles. The van der Waals surface area contributed by atoms with Crippen LogP contribution in [0.2, 0.25) is 10.0 Å². The Hall–Kier alpha value is -3.33. The second kappa shape index (κ2) is 10.2. The van der Waals surface area contributed by atoms with Crippen molar-refractivity contribution >= 4 is 39.9 Å². The predicted octanol–water partition coefficient (Wildman–Crippen LogP) is 2.85. The molecule has 0 aliphatic carbocycles. The molecule has 11 nitrogen and oxygen atoms in total. The SMILES string of the molecule is C=[N+]([C@H]1CCOC1)S(=O)(=O)c1cc(Oc2c(Cl)cc(-n3nc(C(F)F)c(=O)[nH]c3=O)cc2Cl)ccc1O. The smallest absolute Gasteiger partial charge is 0.398 e. The number of rotatable bonds is 7. The van der Waals surface area contributed by atoms with Gasteiger partial charge in [0, 0.05) is 12.5 Å². The number of phenols is 1. The molecular formula is C21H17Cl2F2N4O7S+. The predicted molar refractivity (Wildman–Crippen MR) is 127 cm³/mol. The summed E-state index contributed by atoms with van der Waals surface area (Å²) in [6.07, 6.45) is -2.82. The van der Waals surface area contributed by atoms with E-state index in [9.17, 15) is 31.9 Å². The summed E-state index contributed by atoms with van der Waals surface area (Å²) in [6, 6.07) is 5.10. The van der Waals surface area contributed by atoms with Gasteiger partial charge in [-0.2, -0.15) is 18.2 Å². The van der Waals surface area contributed by atoms with Crippen molar-refractivity contribution in [3.8, 4) is 22.9 Å². The highest BCUT2D eigenvalue weighted by Crippen LogP contribution is 2.39. The summed E-state index contributed by atoms with van der Waals surface area (Å²) in [7, 11) is -4.24. The van der Waals surface area contributed by atoms with Crippen molar-refractivity contribution < 1.29 is 35.8 Å². The minimum Gasteiger partial charge on any atom is -0.506 e. The third kappa shape index (κ3) is 5.23.